The number of hydrogen-bond donors (Lipinski definition) is 1. The number of pyridine rings is 1. The first kappa shape index (κ1) is 21.0. The van der Waals surface area contributed by atoms with E-state index in [9.17, 15) is 4.79 Å². The molecule has 0 atom stereocenters. The van der Waals surface area contributed by atoms with Crippen molar-refractivity contribution >= 4 is 53.2 Å². The fourth-order valence-electron chi connectivity index (χ4n) is 3.12. The topological polar surface area (TPSA) is 45.2 Å². The number of rotatable bonds is 3. The second-order valence-electron chi connectivity index (χ2n) is 5.82. The number of nitrogens with one attached hydrogen (secondary N) is 1. The number of piperidine rings is 1. The Balaban J connectivity index is 0.00000144. The summed E-state index contributed by atoms with van der Waals surface area (Å²) in [6.07, 6.45) is 3.79. The van der Waals surface area contributed by atoms with Gasteiger partial charge in [0.1, 0.15) is 0 Å². The van der Waals surface area contributed by atoms with Crippen LogP contribution in [0, 0.1) is 5.92 Å². The lowest BCUT2D eigenvalue weighted by Gasteiger charge is -2.32. The molecule has 0 saturated carbocycles. The SMILES string of the molecule is CNCC1CCN(C(=O)c2cc(Cl)cc3cccnc23)CC1.Cl.Cl. The highest BCUT2D eigenvalue weighted by molar-refractivity contribution is 6.32. The summed E-state index contributed by atoms with van der Waals surface area (Å²) in [6, 6.07) is 7.37. The van der Waals surface area contributed by atoms with Crippen LogP contribution in [0.1, 0.15) is 23.2 Å². The van der Waals surface area contributed by atoms with E-state index in [1.54, 1.807) is 12.3 Å². The number of halogens is 3. The molecule has 0 unspecified atom stereocenters. The summed E-state index contributed by atoms with van der Waals surface area (Å²) in [6.45, 7) is 2.61. The zero-order valence-electron chi connectivity index (χ0n) is 13.5. The van der Waals surface area contributed by atoms with Gasteiger partial charge < -0.3 is 10.2 Å². The first-order valence-electron chi connectivity index (χ1n) is 7.67. The van der Waals surface area contributed by atoms with Crippen molar-refractivity contribution in [3.63, 3.8) is 0 Å². The monoisotopic (exact) mass is 389 g/mol. The number of aromatic nitrogens is 1. The molecule has 2 heterocycles. The summed E-state index contributed by atoms with van der Waals surface area (Å²) in [5.41, 5.74) is 1.34. The molecule has 1 aliphatic heterocycles. The fraction of sp³-hybridized carbons (Fsp3) is 0.412. The van der Waals surface area contributed by atoms with E-state index in [0.29, 0.717) is 16.5 Å². The van der Waals surface area contributed by atoms with Gasteiger partial charge >= 0.3 is 0 Å². The van der Waals surface area contributed by atoms with Crippen molar-refractivity contribution in [2.24, 2.45) is 5.92 Å². The molecule has 1 fully saturated rings. The maximum absolute atomic E-state index is 12.8. The molecule has 0 spiro atoms. The second kappa shape index (κ2) is 9.42. The molecule has 0 aliphatic carbocycles. The third-order valence-electron chi connectivity index (χ3n) is 4.29. The van der Waals surface area contributed by atoms with E-state index in [1.165, 1.54) is 0 Å². The van der Waals surface area contributed by atoms with E-state index in [1.807, 2.05) is 30.1 Å². The summed E-state index contributed by atoms with van der Waals surface area (Å²) in [4.78, 5) is 19.1. The quantitative estimate of drug-likeness (QED) is 0.867. The average Bonchev–Trinajstić information content (AvgIpc) is 2.54. The summed E-state index contributed by atoms with van der Waals surface area (Å²) < 4.78 is 0. The van der Waals surface area contributed by atoms with Gasteiger partial charge in [0, 0.05) is 29.7 Å². The molecule has 0 radical (unpaired) electrons. The van der Waals surface area contributed by atoms with Crippen LogP contribution in [-0.2, 0) is 0 Å². The number of amides is 1. The number of hydrogen-bond acceptors (Lipinski definition) is 3. The van der Waals surface area contributed by atoms with Crippen LogP contribution < -0.4 is 5.32 Å². The van der Waals surface area contributed by atoms with Crippen LogP contribution in [0.3, 0.4) is 0 Å². The maximum Gasteiger partial charge on any atom is 0.256 e. The maximum atomic E-state index is 12.8. The lowest BCUT2D eigenvalue weighted by atomic mass is 9.96. The highest BCUT2D eigenvalue weighted by atomic mass is 35.5. The minimum Gasteiger partial charge on any atom is -0.339 e. The number of benzene rings is 1. The minimum atomic E-state index is 0. The van der Waals surface area contributed by atoms with E-state index >= 15 is 0 Å². The molecule has 1 aliphatic rings. The van der Waals surface area contributed by atoms with Gasteiger partial charge in [-0.3, -0.25) is 9.78 Å². The molecule has 1 saturated heterocycles. The largest absolute Gasteiger partial charge is 0.339 e. The Bertz CT molecular complexity index is 688. The minimum absolute atomic E-state index is 0. The van der Waals surface area contributed by atoms with Crippen LogP contribution in [0.4, 0.5) is 0 Å². The van der Waals surface area contributed by atoms with Gasteiger partial charge in [-0.25, -0.2) is 0 Å². The van der Waals surface area contributed by atoms with Crippen molar-refractivity contribution in [2.45, 2.75) is 12.8 Å². The third-order valence-corrected chi connectivity index (χ3v) is 4.51. The average molecular weight is 391 g/mol. The number of likely N-dealkylation sites (tertiary alicyclic amines) is 1. The zero-order chi connectivity index (χ0) is 15.5. The van der Waals surface area contributed by atoms with E-state index in [2.05, 4.69) is 10.3 Å². The van der Waals surface area contributed by atoms with E-state index < -0.39 is 0 Å². The van der Waals surface area contributed by atoms with Crippen LogP contribution in [-0.4, -0.2) is 42.5 Å². The lowest BCUT2D eigenvalue weighted by molar-refractivity contribution is 0.0692. The molecule has 1 aromatic heterocycles. The Morgan fingerprint density at radius 3 is 2.71 bits per heavy atom. The molecule has 0 bridgehead atoms. The Kier molecular flexibility index (Phi) is 8.23. The van der Waals surface area contributed by atoms with Crippen LogP contribution in [0.5, 0.6) is 0 Å². The molecule has 4 nitrogen and oxygen atoms in total. The molecular formula is C17H22Cl3N3O. The summed E-state index contributed by atoms with van der Waals surface area (Å²) in [5.74, 6) is 0.692. The molecular weight excluding hydrogens is 369 g/mol. The normalized spacial score (nSPS) is 14.8. The number of nitrogens with zero attached hydrogens (tertiary/aromatic N) is 2. The lowest BCUT2D eigenvalue weighted by Crippen LogP contribution is -2.40. The van der Waals surface area contributed by atoms with Crippen molar-refractivity contribution < 1.29 is 4.79 Å². The molecule has 24 heavy (non-hydrogen) atoms. The van der Waals surface area contributed by atoms with Crippen molar-refractivity contribution in [1.82, 2.24) is 15.2 Å². The highest BCUT2D eigenvalue weighted by Gasteiger charge is 2.24. The first-order valence-corrected chi connectivity index (χ1v) is 8.05. The standard InChI is InChI=1S/C17H20ClN3O.2ClH/c1-19-11-12-4-7-21(8-5-12)17(22)15-10-14(18)9-13-3-2-6-20-16(13)15;;/h2-3,6,9-10,12,19H,4-5,7-8,11H2,1H3;2*1H. The Morgan fingerprint density at radius 2 is 2.04 bits per heavy atom. The van der Waals surface area contributed by atoms with Gasteiger partial charge in [-0.05, 0) is 50.6 Å². The molecule has 3 rings (SSSR count). The van der Waals surface area contributed by atoms with Gasteiger partial charge in [-0.1, -0.05) is 17.7 Å². The Morgan fingerprint density at radius 1 is 1.33 bits per heavy atom. The van der Waals surface area contributed by atoms with Crippen LogP contribution >= 0.6 is 36.4 Å². The number of carbonyl (C=O) groups excluding carboxylic acids is 1. The van der Waals surface area contributed by atoms with E-state index in [0.717, 1.165) is 43.4 Å². The predicted molar refractivity (Wildman–Crippen MR) is 104 cm³/mol. The number of carbonyl (C=O) groups is 1. The van der Waals surface area contributed by atoms with E-state index in [4.69, 9.17) is 11.6 Å². The highest BCUT2D eigenvalue weighted by Crippen LogP contribution is 2.25. The summed E-state index contributed by atoms with van der Waals surface area (Å²) in [5, 5.41) is 4.70. The van der Waals surface area contributed by atoms with Crippen molar-refractivity contribution in [1.29, 1.82) is 0 Å². The zero-order valence-corrected chi connectivity index (χ0v) is 15.9. The third kappa shape index (κ3) is 4.51. The van der Waals surface area contributed by atoms with Gasteiger partial charge in [0.05, 0.1) is 11.1 Å². The Hall–Kier alpha value is -1.07. The van der Waals surface area contributed by atoms with Crippen LogP contribution in [0.25, 0.3) is 10.9 Å². The van der Waals surface area contributed by atoms with Gasteiger partial charge in [-0.15, -0.1) is 24.8 Å². The van der Waals surface area contributed by atoms with Crippen LogP contribution in [0.2, 0.25) is 5.02 Å². The molecule has 132 valence electrons. The second-order valence-corrected chi connectivity index (χ2v) is 6.26. The summed E-state index contributed by atoms with van der Waals surface area (Å²) in [7, 11) is 1.97. The molecule has 1 N–H and O–H groups in total. The smallest absolute Gasteiger partial charge is 0.256 e. The fourth-order valence-corrected chi connectivity index (χ4v) is 3.34. The first-order chi connectivity index (χ1) is 10.7. The predicted octanol–water partition coefficient (Wildman–Crippen LogP) is 3.80. The van der Waals surface area contributed by atoms with Crippen molar-refractivity contribution in [2.75, 3.05) is 26.7 Å². The van der Waals surface area contributed by atoms with Gasteiger partial charge in [0.15, 0.2) is 0 Å². The summed E-state index contributed by atoms with van der Waals surface area (Å²) >= 11 is 6.16. The Labute approximate surface area is 159 Å². The molecule has 2 aromatic rings. The van der Waals surface area contributed by atoms with Gasteiger partial charge in [-0.2, -0.15) is 0 Å². The molecule has 1 amide bonds. The number of fused-ring (bicyclic) bond motifs is 1. The molecule has 1 aromatic carbocycles. The van der Waals surface area contributed by atoms with Crippen LogP contribution in [0.15, 0.2) is 30.5 Å². The van der Waals surface area contributed by atoms with Gasteiger partial charge in [0.25, 0.3) is 5.91 Å². The van der Waals surface area contributed by atoms with Gasteiger partial charge in [0.2, 0.25) is 0 Å². The van der Waals surface area contributed by atoms with Crippen molar-refractivity contribution in [3.05, 3.63) is 41.0 Å². The van der Waals surface area contributed by atoms with Crippen molar-refractivity contribution in [3.8, 4) is 0 Å². The van der Waals surface area contributed by atoms with E-state index in [-0.39, 0.29) is 30.7 Å². The molecule has 7 heteroatoms.